The standard InChI is InChI=1S/C20H23N5O2/c1-2-18-22-16-4-3-14(11-17(16)23-18)12-19(26)24-7-9-25(10-8-24)20(27)15-5-6-21-13-15/h3-6,11,13,21H,2,7-10,12H2,1H3,(H,22,23). The number of hydrogen-bond acceptors (Lipinski definition) is 3. The molecule has 1 saturated heterocycles. The molecule has 0 aliphatic carbocycles. The van der Waals surface area contributed by atoms with Crippen LogP contribution < -0.4 is 0 Å². The smallest absolute Gasteiger partial charge is 0.255 e. The molecule has 7 heteroatoms. The largest absolute Gasteiger partial charge is 0.367 e. The number of aromatic amines is 2. The molecular formula is C20H23N5O2. The lowest BCUT2D eigenvalue weighted by molar-refractivity contribution is -0.131. The van der Waals surface area contributed by atoms with E-state index in [1.807, 2.05) is 23.1 Å². The second-order valence-corrected chi connectivity index (χ2v) is 6.84. The van der Waals surface area contributed by atoms with E-state index < -0.39 is 0 Å². The van der Waals surface area contributed by atoms with Gasteiger partial charge in [-0.15, -0.1) is 0 Å². The number of aryl methyl sites for hydroxylation is 1. The zero-order valence-electron chi connectivity index (χ0n) is 15.4. The third kappa shape index (κ3) is 3.58. The minimum absolute atomic E-state index is 0.0137. The van der Waals surface area contributed by atoms with Crippen LogP contribution in [0.25, 0.3) is 11.0 Å². The Morgan fingerprint density at radius 2 is 1.89 bits per heavy atom. The van der Waals surface area contributed by atoms with Gasteiger partial charge in [0.15, 0.2) is 0 Å². The highest BCUT2D eigenvalue weighted by Gasteiger charge is 2.25. The number of nitrogens with zero attached hydrogens (tertiary/aromatic N) is 3. The van der Waals surface area contributed by atoms with Gasteiger partial charge in [0.2, 0.25) is 5.91 Å². The quantitative estimate of drug-likeness (QED) is 0.741. The molecule has 0 atom stereocenters. The molecule has 0 bridgehead atoms. The number of carbonyl (C=O) groups excluding carboxylic acids is 2. The average Bonchev–Trinajstić information content (AvgIpc) is 3.36. The predicted molar refractivity (Wildman–Crippen MR) is 102 cm³/mol. The van der Waals surface area contributed by atoms with Gasteiger partial charge in [0.05, 0.1) is 23.0 Å². The van der Waals surface area contributed by atoms with Gasteiger partial charge in [0.1, 0.15) is 5.82 Å². The van der Waals surface area contributed by atoms with Gasteiger partial charge in [0.25, 0.3) is 5.91 Å². The molecule has 0 spiro atoms. The summed E-state index contributed by atoms with van der Waals surface area (Å²) >= 11 is 0. The number of amides is 2. The number of hydrogen-bond donors (Lipinski definition) is 2. The SMILES string of the molecule is CCc1nc2ccc(CC(=O)N3CCN(C(=O)c4cc[nH]c4)CC3)cc2[nH]1. The summed E-state index contributed by atoms with van der Waals surface area (Å²) in [6.45, 7) is 4.33. The van der Waals surface area contributed by atoms with Gasteiger partial charge in [-0.2, -0.15) is 0 Å². The van der Waals surface area contributed by atoms with Gasteiger partial charge in [-0.3, -0.25) is 9.59 Å². The Balaban J connectivity index is 1.36. The molecule has 2 aromatic heterocycles. The van der Waals surface area contributed by atoms with E-state index in [9.17, 15) is 9.59 Å². The van der Waals surface area contributed by atoms with Crippen LogP contribution in [-0.4, -0.2) is 62.7 Å². The fraction of sp³-hybridized carbons (Fsp3) is 0.350. The highest BCUT2D eigenvalue weighted by Crippen LogP contribution is 2.16. The van der Waals surface area contributed by atoms with E-state index >= 15 is 0 Å². The zero-order chi connectivity index (χ0) is 18.8. The van der Waals surface area contributed by atoms with Crippen LogP contribution in [-0.2, 0) is 17.6 Å². The summed E-state index contributed by atoms with van der Waals surface area (Å²) < 4.78 is 0. The van der Waals surface area contributed by atoms with Crippen LogP contribution in [0.4, 0.5) is 0 Å². The van der Waals surface area contributed by atoms with Crippen molar-refractivity contribution in [1.82, 2.24) is 24.8 Å². The van der Waals surface area contributed by atoms with Gasteiger partial charge in [0, 0.05) is 45.0 Å². The van der Waals surface area contributed by atoms with E-state index in [4.69, 9.17) is 0 Å². The van der Waals surface area contributed by atoms with Crippen molar-refractivity contribution in [2.75, 3.05) is 26.2 Å². The van der Waals surface area contributed by atoms with E-state index in [2.05, 4.69) is 21.9 Å². The summed E-state index contributed by atoms with van der Waals surface area (Å²) in [5.41, 5.74) is 3.54. The Bertz CT molecular complexity index is 952. The predicted octanol–water partition coefficient (Wildman–Crippen LogP) is 1.98. The first-order valence-electron chi connectivity index (χ1n) is 9.31. The topological polar surface area (TPSA) is 85.1 Å². The van der Waals surface area contributed by atoms with Crippen LogP contribution in [0.2, 0.25) is 0 Å². The summed E-state index contributed by atoms with van der Waals surface area (Å²) in [4.78, 5) is 39.4. The lowest BCUT2D eigenvalue weighted by Gasteiger charge is -2.34. The van der Waals surface area contributed by atoms with Crippen LogP contribution >= 0.6 is 0 Å². The molecule has 3 aromatic rings. The molecule has 1 aromatic carbocycles. The highest BCUT2D eigenvalue weighted by molar-refractivity contribution is 5.94. The molecule has 27 heavy (non-hydrogen) atoms. The number of aromatic nitrogens is 3. The highest BCUT2D eigenvalue weighted by atomic mass is 16.2. The summed E-state index contributed by atoms with van der Waals surface area (Å²) in [7, 11) is 0. The van der Waals surface area contributed by atoms with Crippen LogP contribution in [0.5, 0.6) is 0 Å². The van der Waals surface area contributed by atoms with Crippen molar-refractivity contribution >= 4 is 22.8 Å². The Morgan fingerprint density at radius 3 is 2.59 bits per heavy atom. The monoisotopic (exact) mass is 365 g/mol. The summed E-state index contributed by atoms with van der Waals surface area (Å²) in [5.74, 6) is 1.06. The number of rotatable bonds is 4. The fourth-order valence-corrected chi connectivity index (χ4v) is 3.47. The van der Waals surface area contributed by atoms with Crippen LogP contribution in [0.15, 0.2) is 36.7 Å². The van der Waals surface area contributed by atoms with E-state index in [-0.39, 0.29) is 11.8 Å². The third-order valence-electron chi connectivity index (χ3n) is 5.05. The van der Waals surface area contributed by atoms with E-state index in [0.717, 1.165) is 28.8 Å². The fourth-order valence-electron chi connectivity index (χ4n) is 3.47. The Morgan fingerprint density at radius 1 is 1.11 bits per heavy atom. The lowest BCUT2D eigenvalue weighted by atomic mass is 10.1. The first-order valence-corrected chi connectivity index (χ1v) is 9.31. The number of fused-ring (bicyclic) bond motifs is 1. The summed E-state index contributed by atoms with van der Waals surface area (Å²) in [6.07, 6.45) is 4.67. The van der Waals surface area contributed by atoms with Crippen molar-refractivity contribution in [3.8, 4) is 0 Å². The van der Waals surface area contributed by atoms with Crippen LogP contribution in [0.1, 0.15) is 28.7 Å². The first-order chi connectivity index (χ1) is 13.1. The van der Waals surface area contributed by atoms with Crippen molar-refractivity contribution in [2.45, 2.75) is 19.8 Å². The Labute approximate surface area is 157 Å². The summed E-state index contributed by atoms with van der Waals surface area (Å²) in [6, 6.07) is 7.70. The molecule has 0 saturated carbocycles. The maximum Gasteiger partial charge on any atom is 0.255 e. The Kier molecular flexibility index (Phi) is 4.66. The number of piperazine rings is 1. The molecule has 1 fully saturated rings. The van der Waals surface area contributed by atoms with Crippen molar-refractivity contribution in [3.63, 3.8) is 0 Å². The molecular weight excluding hydrogens is 342 g/mol. The van der Waals surface area contributed by atoms with Crippen molar-refractivity contribution in [3.05, 3.63) is 53.6 Å². The van der Waals surface area contributed by atoms with Gasteiger partial charge in [-0.1, -0.05) is 13.0 Å². The molecule has 1 aliphatic heterocycles. The zero-order valence-corrected chi connectivity index (χ0v) is 15.4. The van der Waals surface area contributed by atoms with Gasteiger partial charge in [-0.25, -0.2) is 4.98 Å². The van der Waals surface area contributed by atoms with Gasteiger partial charge in [-0.05, 0) is 23.8 Å². The molecule has 0 unspecified atom stereocenters. The number of carbonyl (C=O) groups is 2. The maximum atomic E-state index is 12.7. The maximum absolute atomic E-state index is 12.7. The molecule has 2 amide bonds. The summed E-state index contributed by atoms with van der Waals surface area (Å²) in [5, 5.41) is 0. The Hall–Kier alpha value is -3.09. The van der Waals surface area contributed by atoms with Crippen LogP contribution in [0.3, 0.4) is 0 Å². The minimum Gasteiger partial charge on any atom is -0.367 e. The van der Waals surface area contributed by atoms with E-state index in [1.165, 1.54) is 0 Å². The number of nitrogens with one attached hydrogen (secondary N) is 2. The lowest BCUT2D eigenvalue weighted by Crippen LogP contribution is -2.50. The van der Waals surface area contributed by atoms with E-state index in [0.29, 0.717) is 38.2 Å². The normalized spacial score (nSPS) is 14.7. The van der Waals surface area contributed by atoms with Crippen molar-refractivity contribution in [2.24, 2.45) is 0 Å². The first kappa shape index (κ1) is 17.3. The molecule has 1 aliphatic rings. The average molecular weight is 365 g/mol. The molecule has 7 nitrogen and oxygen atoms in total. The molecule has 0 radical (unpaired) electrons. The molecule has 2 N–H and O–H groups in total. The van der Waals surface area contributed by atoms with E-state index in [1.54, 1.807) is 23.4 Å². The number of H-pyrrole nitrogens is 2. The molecule has 4 rings (SSSR count). The second-order valence-electron chi connectivity index (χ2n) is 6.84. The number of benzene rings is 1. The van der Waals surface area contributed by atoms with Crippen molar-refractivity contribution in [1.29, 1.82) is 0 Å². The second kappa shape index (κ2) is 7.26. The van der Waals surface area contributed by atoms with Gasteiger partial charge < -0.3 is 19.8 Å². The minimum atomic E-state index is 0.0137. The van der Waals surface area contributed by atoms with Crippen LogP contribution in [0, 0.1) is 0 Å². The van der Waals surface area contributed by atoms with Gasteiger partial charge >= 0.3 is 0 Å². The molecule has 140 valence electrons. The third-order valence-corrected chi connectivity index (χ3v) is 5.05. The van der Waals surface area contributed by atoms with Crippen molar-refractivity contribution < 1.29 is 9.59 Å². The number of imidazole rings is 1. The molecule has 3 heterocycles.